The van der Waals surface area contributed by atoms with Crippen LogP contribution in [0, 0.1) is 3.57 Å². The third kappa shape index (κ3) is 4.84. The first-order chi connectivity index (χ1) is 9.67. The van der Waals surface area contributed by atoms with Crippen molar-refractivity contribution in [3.63, 3.8) is 0 Å². The van der Waals surface area contributed by atoms with Crippen molar-refractivity contribution in [2.45, 2.75) is 59.5 Å². The third-order valence-electron chi connectivity index (χ3n) is 2.99. The van der Waals surface area contributed by atoms with Gasteiger partial charge in [-0.05, 0) is 48.8 Å². The summed E-state index contributed by atoms with van der Waals surface area (Å²) in [5, 5.41) is 3.41. The van der Waals surface area contributed by atoms with Gasteiger partial charge in [0.1, 0.15) is 11.9 Å². The zero-order valence-electron chi connectivity index (χ0n) is 13.0. The van der Waals surface area contributed by atoms with Gasteiger partial charge in [-0.25, -0.2) is 9.97 Å². The molecule has 0 saturated carbocycles. The van der Waals surface area contributed by atoms with Gasteiger partial charge >= 0.3 is 0 Å². The maximum Gasteiger partial charge on any atom is 0.159 e. The van der Waals surface area contributed by atoms with Crippen LogP contribution >= 0.6 is 22.6 Å². The summed E-state index contributed by atoms with van der Waals surface area (Å²) in [5.41, 5.74) is 1.13. The van der Waals surface area contributed by atoms with Crippen molar-refractivity contribution in [2.24, 2.45) is 0 Å². The molecule has 0 aliphatic rings. The molecular formula is C15H26IN3O. The highest BCUT2D eigenvalue weighted by Gasteiger charge is 2.18. The molecule has 0 amide bonds. The van der Waals surface area contributed by atoms with Gasteiger partial charge in [0.25, 0.3) is 0 Å². The van der Waals surface area contributed by atoms with Gasteiger partial charge in [-0.15, -0.1) is 0 Å². The molecule has 0 bridgehead atoms. The number of hydrogen-bond donors (Lipinski definition) is 1. The van der Waals surface area contributed by atoms with E-state index in [9.17, 15) is 0 Å². The molecular weight excluding hydrogens is 365 g/mol. The lowest BCUT2D eigenvalue weighted by atomic mass is 10.2. The molecule has 1 aromatic heterocycles. The Morgan fingerprint density at radius 1 is 1.15 bits per heavy atom. The van der Waals surface area contributed by atoms with E-state index in [0.717, 1.165) is 53.1 Å². The Kier molecular flexibility index (Phi) is 8.37. The topological polar surface area (TPSA) is 47.0 Å². The van der Waals surface area contributed by atoms with E-state index < -0.39 is 0 Å². The molecule has 0 spiro atoms. The van der Waals surface area contributed by atoms with Crippen molar-refractivity contribution in [3.05, 3.63) is 15.1 Å². The molecule has 1 heterocycles. The molecule has 1 rings (SSSR count). The van der Waals surface area contributed by atoms with Gasteiger partial charge in [0.2, 0.25) is 0 Å². The van der Waals surface area contributed by atoms with Gasteiger partial charge in [0.15, 0.2) is 5.82 Å². The van der Waals surface area contributed by atoms with E-state index in [0.29, 0.717) is 6.61 Å². The van der Waals surface area contributed by atoms with Crippen LogP contribution in [-0.2, 0) is 11.2 Å². The Labute approximate surface area is 136 Å². The molecule has 114 valence electrons. The summed E-state index contributed by atoms with van der Waals surface area (Å²) in [5.74, 6) is 1.77. The Bertz CT molecular complexity index is 412. The predicted octanol–water partition coefficient (Wildman–Crippen LogP) is 4.34. The molecule has 0 saturated heterocycles. The first kappa shape index (κ1) is 17.6. The predicted molar refractivity (Wildman–Crippen MR) is 92.2 cm³/mol. The highest BCUT2D eigenvalue weighted by molar-refractivity contribution is 14.1. The Morgan fingerprint density at radius 2 is 1.90 bits per heavy atom. The summed E-state index contributed by atoms with van der Waals surface area (Å²) in [6, 6.07) is 0. The lowest BCUT2D eigenvalue weighted by Crippen LogP contribution is -2.14. The summed E-state index contributed by atoms with van der Waals surface area (Å²) < 4.78 is 6.90. The maximum atomic E-state index is 5.75. The fourth-order valence-corrected chi connectivity index (χ4v) is 2.70. The molecule has 1 unspecified atom stereocenters. The minimum atomic E-state index is -0.00483. The normalized spacial score (nSPS) is 12.4. The molecule has 1 N–H and O–H groups in total. The van der Waals surface area contributed by atoms with Gasteiger partial charge in [0, 0.05) is 13.2 Å². The fourth-order valence-electron chi connectivity index (χ4n) is 2.00. The molecule has 1 aromatic rings. The van der Waals surface area contributed by atoms with Crippen LogP contribution in [-0.4, -0.2) is 23.1 Å². The number of aromatic nitrogens is 2. The number of ether oxygens (including phenoxy) is 1. The zero-order chi connectivity index (χ0) is 15.0. The number of aryl methyl sites for hydroxylation is 1. The van der Waals surface area contributed by atoms with E-state index in [1.165, 1.54) is 0 Å². The summed E-state index contributed by atoms with van der Waals surface area (Å²) in [6.45, 7) is 10.1. The van der Waals surface area contributed by atoms with Gasteiger partial charge in [-0.2, -0.15) is 0 Å². The van der Waals surface area contributed by atoms with Crippen LogP contribution in [0.5, 0.6) is 0 Å². The second-order valence-electron chi connectivity index (χ2n) is 4.72. The minimum absolute atomic E-state index is 0.00483. The molecule has 0 aliphatic carbocycles. The fraction of sp³-hybridized carbons (Fsp3) is 0.733. The van der Waals surface area contributed by atoms with Crippen molar-refractivity contribution in [1.29, 1.82) is 0 Å². The number of nitrogens with zero attached hydrogens (tertiary/aromatic N) is 2. The third-order valence-corrected chi connectivity index (χ3v) is 4.13. The molecule has 1 atom stereocenters. The molecule has 4 nitrogen and oxygen atoms in total. The molecule has 0 aliphatic heterocycles. The standard InChI is InChI=1S/C15H26IN3O/c1-5-9-11-13(16)15(17-10-6-2)19-14(18-11)12(7-3)20-8-4/h12H,5-10H2,1-4H3,(H,17,18,19). The van der Waals surface area contributed by atoms with Gasteiger partial charge in [-0.1, -0.05) is 27.2 Å². The second-order valence-corrected chi connectivity index (χ2v) is 5.80. The number of rotatable bonds is 9. The average Bonchev–Trinajstić information content (AvgIpc) is 2.46. The lowest BCUT2D eigenvalue weighted by Gasteiger charge is -2.17. The lowest BCUT2D eigenvalue weighted by molar-refractivity contribution is 0.0534. The SMILES string of the molecule is CCCNc1nc(C(CC)OCC)nc(CCC)c1I. The molecule has 0 aromatic carbocycles. The monoisotopic (exact) mass is 391 g/mol. The van der Waals surface area contributed by atoms with Gasteiger partial charge in [0.05, 0.1) is 9.26 Å². The summed E-state index contributed by atoms with van der Waals surface area (Å²) in [6.07, 6.45) is 4.05. The van der Waals surface area contributed by atoms with Crippen molar-refractivity contribution < 1.29 is 4.74 Å². The van der Waals surface area contributed by atoms with Crippen LogP contribution in [0.1, 0.15) is 64.6 Å². The van der Waals surface area contributed by atoms with Crippen LogP contribution in [0.15, 0.2) is 0 Å². The number of halogens is 1. The minimum Gasteiger partial charge on any atom is -0.371 e. The van der Waals surface area contributed by atoms with Crippen molar-refractivity contribution >= 4 is 28.4 Å². The van der Waals surface area contributed by atoms with Crippen LogP contribution < -0.4 is 5.32 Å². The molecule has 20 heavy (non-hydrogen) atoms. The van der Waals surface area contributed by atoms with E-state index in [1.807, 2.05) is 6.92 Å². The molecule has 0 fully saturated rings. The van der Waals surface area contributed by atoms with Crippen molar-refractivity contribution in [1.82, 2.24) is 9.97 Å². The average molecular weight is 391 g/mol. The molecule has 0 radical (unpaired) electrons. The zero-order valence-corrected chi connectivity index (χ0v) is 15.2. The second kappa shape index (κ2) is 9.50. The summed E-state index contributed by atoms with van der Waals surface area (Å²) in [4.78, 5) is 9.42. The summed E-state index contributed by atoms with van der Waals surface area (Å²) >= 11 is 2.35. The number of anilines is 1. The Balaban J connectivity index is 3.12. The number of nitrogens with one attached hydrogen (secondary N) is 1. The van der Waals surface area contributed by atoms with Gasteiger partial charge in [-0.3, -0.25) is 0 Å². The van der Waals surface area contributed by atoms with E-state index in [1.54, 1.807) is 0 Å². The van der Waals surface area contributed by atoms with Crippen molar-refractivity contribution in [2.75, 3.05) is 18.5 Å². The van der Waals surface area contributed by atoms with E-state index in [2.05, 4.69) is 53.7 Å². The smallest absolute Gasteiger partial charge is 0.159 e. The van der Waals surface area contributed by atoms with E-state index in [-0.39, 0.29) is 6.10 Å². The number of hydrogen-bond acceptors (Lipinski definition) is 4. The first-order valence-electron chi connectivity index (χ1n) is 7.59. The van der Waals surface area contributed by atoms with E-state index >= 15 is 0 Å². The maximum absolute atomic E-state index is 5.75. The highest BCUT2D eigenvalue weighted by atomic mass is 127. The van der Waals surface area contributed by atoms with Gasteiger partial charge < -0.3 is 10.1 Å². The van der Waals surface area contributed by atoms with Crippen LogP contribution in [0.4, 0.5) is 5.82 Å². The first-order valence-corrected chi connectivity index (χ1v) is 8.67. The van der Waals surface area contributed by atoms with Crippen LogP contribution in [0.25, 0.3) is 0 Å². The largest absolute Gasteiger partial charge is 0.371 e. The molecule has 5 heteroatoms. The van der Waals surface area contributed by atoms with E-state index in [4.69, 9.17) is 9.72 Å². The quantitative estimate of drug-likeness (QED) is 0.636. The Hall–Kier alpha value is -0.430. The van der Waals surface area contributed by atoms with Crippen molar-refractivity contribution in [3.8, 4) is 0 Å². The summed E-state index contributed by atoms with van der Waals surface area (Å²) in [7, 11) is 0. The van der Waals surface area contributed by atoms with Crippen LogP contribution in [0.2, 0.25) is 0 Å². The Morgan fingerprint density at radius 3 is 2.45 bits per heavy atom. The van der Waals surface area contributed by atoms with Crippen LogP contribution in [0.3, 0.4) is 0 Å². The highest BCUT2D eigenvalue weighted by Crippen LogP contribution is 2.25.